The Labute approximate surface area is 162 Å². The fourth-order valence-corrected chi connectivity index (χ4v) is 3.12. The predicted molar refractivity (Wildman–Crippen MR) is 92.4 cm³/mol. The number of alkyl halides is 2. The van der Waals surface area contributed by atoms with Gasteiger partial charge >= 0.3 is 6.43 Å². The van der Waals surface area contributed by atoms with Crippen LogP contribution in [-0.2, 0) is 13.1 Å². The molecule has 0 radical (unpaired) electrons. The summed E-state index contributed by atoms with van der Waals surface area (Å²) in [6.45, 7) is 0.464. The van der Waals surface area contributed by atoms with E-state index in [4.69, 9.17) is 4.42 Å². The third-order valence-electron chi connectivity index (χ3n) is 4.58. The number of carbonyl (C=O) groups excluding carboxylic acids is 1. The standard InChI is InChI=1S/C19H14F4N4O2/c1-26(8-10-2-5-14(20)15(21)6-10)27-9-12-4-3-11(7-13(12)19(27)28)17-24-25-18(29-17)16(22)23/h2-7,16H,8-9H2,1H3. The lowest BCUT2D eigenvalue weighted by molar-refractivity contribution is 0.00267. The topological polar surface area (TPSA) is 62.5 Å². The first-order chi connectivity index (χ1) is 13.8. The number of amides is 1. The molecule has 1 aliphatic heterocycles. The van der Waals surface area contributed by atoms with Crippen LogP contribution in [0.25, 0.3) is 11.5 Å². The second-order valence-corrected chi connectivity index (χ2v) is 6.55. The van der Waals surface area contributed by atoms with Crippen LogP contribution in [0.15, 0.2) is 40.8 Å². The van der Waals surface area contributed by atoms with Crippen LogP contribution in [-0.4, -0.2) is 33.2 Å². The fourth-order valence-electron chi connectivity index (χ4n) is 3.12. The monoisotopic (exact) mass is 406 g/mol. The number of hydrogen-bond acceptors (Lipinski definition) is 5. The van der Waals surface area contributed by atoms with E-state index in [0.29, 0.717) is 16.7 Å². The lowest BCUT2D eigenvalue weighted by Crippen LogP contribution is -2.39. The van der Waals surface area contributed by atoms with Gasteiger partial charge in [0.1, 0.15) is 0 Å². The summed E-state index contributed by atoms with van der Waals surface area (Å²) in [5, 5.41) is 9.91. The van der Waals surface area contributed by atoms with Crippen LogP contribution in [0.3, 0.4) is 0 Å². The third kappa shape index (κ3) is 3.58. The molecule has 10 heteroatoms. The van der Waals surface area contributed by atoms with Gasteiger partial charge in [-0.15, -0.1) is 10.2 Å². The maximum Gasteiger partial charge on any atom is 0.314 e. The molecule has 0 aliphatic carbocycles. The summed E-state index contributed by atoms with van der Waals surface area (Å²) in [6.07, 6.45) is -2.88. The zero-order valence-electron chi connectivity index (χ0n) is 15.1. The van der Waals surface area contributed by atoms with E-state index in [-0.39, 0.29) is 24.9 Å². The number of halogens is 4. The van der Waals surface area contributed by atoms with Crippen LogP contribution in [0, 0.1) is 11.6 Å². The number of hydrazine groups is 1. The van der Waals surface area contributed by atoms with Crippen LogP contribution in [0.1, 0.15) is 33.8 Å². The molecular formula is C19H14F4N4O2. The highest BCUT2D eigenvalue weighted by molar-refractivity contribution is 5.99. The summed E-state index contributed by atoms with van der Waals surface area (Å²) in [6, 6.07) is 8.34. The highest BCUT2D eigenvalue weighted by atomic mass is 19.3. The lowest BCUT2D eigenvalue weighted by atomic mass is 10.1. The van der Waals surface area contributed by atoms with Gasteiger partial charge in [-0.05, 0) is 35.4 Å². The van der Waals surface area contributed by atoms with E-state index in [2.05, 4.69) is 10.2 Å². The molecule has 1 amide bonds. The zero-order chi connectivity index (χ0) is 20.7. The van der Waals surface area contributed by atoms with Gasteiger partial charge in [0, 0.05) is 24.7 Å². The van der Waals surface area contributed by atoms with Gasteiger partial charge in [-0.25, -0.2) is 13.8 Å². The Balaban J connectivity index is 1.54. The second-order valence-electron chi connectivity index (χ2n) is 6.55. The number of hydrogen-bond donors (Lipinski definition) is 0. The summed E-state index contributed by atoms with van der Waals surface area (Å²) in [5.41, 5.74) is 1.95. The molecule has 6 nitrogen and oxygen atoms in total. The minimum absolute atomic E-state index is 0.107. The minimum atomic E-state index is -2.88. The fraction of sp³-hybridized carbons (Fsp3) is 0.211. The van der Waals surface area contributed by atoms with Crippen molar-refractivity contribution in [2.45, 2.75) is 19.5 Å². The van der Waals surface area contributed by atoms with Gasteiger partial charge in [0.05, 0.1) is 6.54 Å². The van der Waals surface area contributed by atoms with Crippen molar-refractivity contribution in [3.63, 3.8) is 0 Å². The highest BCUT2D eigenvalue weighted by Crippen LogP contribution is 2.30. The maximum absolute atomic E-state index is 13.4. The smallest absolute Gasteiger partial charge is 0.314 e. The number of fused-ring (bicyclic) bond motifs is 1. The summed E-state index contributed by atoms with van der Waals surface area (Å²) < 4.78 is 56.7. The molecule has 0 spiro atoms. The van der Waals surface area contributed by atoms with E-state index in [0.717, 1.165) is 17.7 Å². The average molecular weight is 406 g/mol. The Morgan fingerprint density at radius 3 is 2.62 bits per heavy atom. The molecular weight excluding hydrogens is 392 g/mol. The Kier molecular flexibility index (Phi) is 4.79. The van der Waals surface area contributed by atoms with Crippen LogP contribution in [0.4, 0.5) is 17.6 Å². The molecule has 3 aromatic rings. The van der Waals surface area contributed by atoms with E-state index in [1.807, 2.05) is 0 Å². The van der Waals surface area contributed by atoms with Crippen LogP contribution in [0.2, 0.25) is 0 Å². The first-order valence-electron chi connectivity index (χ1n) is 8.55. The second kappa shape index (κ2) is 7.28. The number of aromatic nitrogens is 2. The normalized spacial score (nSPS) is 13.6. The van der Waals surface area contributed by atoms with Crippen molar-refractivity contribution in [2.75, 3.05) is 7.05 Å². The summed E-state index contributed by atoms with van der Waals surface area (Å²) in [4.78, 5) is 12.8. The third-order valence-corrected chi connectivity index (χ3v) is 4.58. The molecule has 0 saturated carbocycles. The Hall–Kier alpha value is -3.27. The van der Waals surface area contributed by atoms with Gasteiger partial charge in [-0.3, -0.25) is 9.80 Å². The van der Waals surface area contributed by atoms with Gasteiger partial charge in [0.15, 0.2) is 11.6 Å². The Morgan fingerprint density at radius 1 is 1.14 bits per heavy atom. The van der Waals surface area contributed by atoms with Gasteiger partial charge in [0.25, 0.3) is 11.8 Å². The first kappa shape index (κ1) is 19.1. The molecule has 0 bridgehead atoms. The Morgan fingerprint density at radius 2 is 1.93 bits per heavy atom. The van der Waals surface area contributed by atoms with E-state index in [1.165, 1.54) is 17.1 Å². The molecule has 2 heterocycles. The van der Waals surface area contributed by atoms with Gasteiger partial charge in [0.2, 0.25) is 5.89 Å². The number of carbonyl (C=O) groups is 1. The highest BCUT2D eigenvalue weighted by Gasteiger charge is 2.31. The molecule has 29 heavy (non-hydrogen) atoms. The van der Waals surface area contributed by atoms with E-state index in [9.17, 15) is 22.4 Å². The maximum atomic E-state index is 13.4. The summed E-state index contributed by atoms with van der Waals surface area (Å²) in [5.74, 6) is -3.12. The molecule has 0 unspecified atom stereocenters. The molecule has 150 valence electrons. The average Bonchev–Trinajstić information content (AvgIpc) is 3.30. The van der Waals surface area contributed by atoms with E-state index >= 15 is 0 Å². The van der Waals surface area contributed by atoms with Crippen molar-refractivity contribution < 1.29 is 26.8 Å². The number of nitrogens with zero attached hydrogens (tertiary/aromatic N) is 4. The molecule has 1 aliphatic rings. The van der Waals surface area contributed by atoms with Gasteiger partial charge in [-0.1, -0.05) is 12.1 Å². The molecule has 0 N–H and O–H groups in total. The van der Waals surface area contributed by atoms with E-state index in [1.54, 1.807) is 24.2 Å². The van der Waals surface area contributed by atoms with Gasteiger partial charge < -0.3 is 4.42 Å². The van der Waals surface area contributed by atoms with Crippen LogP contribution in [0.5, 0.6) is 0 Å². The van der Waals surface area contributed by atoms with Crippen molar-refractivity contribution >= 4 is 5.91 Å². The zero-order valence-corrected chi connectivity index (χ0v) is 15.1. The van der Waals surface area contributed by atoms with Crippen LogP contribution < -0.4 is 0 Å². The molecule has 0 atom stereocenters. The predicted octanol–water partition coefficient (Wildman–Crippen LogP) is 3.96. The quantitative estimate of drug-likeness (QED) is 0.601. The lowest BCUT2D eigenvalue weighted by Gasteiger charge is -2.27. The van der Waals surface area contributed by atoms with Crippen molar-refractivity contribution in [1.29, 1.82) is 0 Å². The molecule has 2 aromatic carbocycles. The van der Waals surface area contributed by atoms with Crippen molar-refractivity contribution in [2.24, 2.45) is 0 Å². The number of rotatable bonds is 5. The summed E-state index contributed by atoms with van der Waals surface area (Å²) >= 11 is 0. The largest absolute Gasteiger partial charge is 0.415 e. The molecule has 1 aromatic heterocycles. The SMILES string of the molecule is CN(Cc1ccc(F)c(F)c1)N1Cc2ccc(-c3nnc(C(F)F)o3)cc2C1=O. The van der Waals surface area contributed by atoms with Crippen molar-refractivity contribution in [3.8, 4) is 11.5 Å². The van der Waals surface area contributed by atoms with Crippen molar-refractivity contribution in [3.05, 3.63) is 70.6 Å². The molecule has 4 rings (SSSR count). The Bertz CT molecular complexity index is 1090. The van der Waals surface area contributed by atoms with E-state index < -0.39 is 24.0 Å². The summed E-state index contributed by atoms with van der Waals surface area (Å²) in [7, 11) is 1.65. The van der Waals surface area contributed by atoms with Gasteiger partial charge in [-0.2, -0.15) is 8.78 Å². The van der Waals surface area contributed by atoms with Crippen molar-refractivity contribution in [1.82, 2.24) is 20.2 Å². The van der Waals surface area contributed by atoms with Crippen LogP contribution >= 0.6 is 0 Å². The number of benzene rings is 2. The molecule has 0 saturated heterocycles. The molecule has 0 fully saturated rings. The first-order valence-corrected chi connectivity index (χ1v) is 8.55. The minimum Gasteiger partial charge on any atom is -0.415 e.